The van der Waals surface area contributed by atoms with Gasteiger partial charge in [0.15, 0.2) is 0 Å². The Labute approximate surface area is 89.1 Å². The molecular formula is C9H10Br2O. The van der Waals surface area contributed by atoms with Gasteiger partial charge in [0.25, 0.3) is 0 Å². The second-order valence-electron chi connectivity index (χ2n) is 2.59. The van der Waals surface area contributed by atoms with E-state index in [9.17, 15) is 5.11 Å². The number of halogens is 2. The predicted molar refractivity (Wildman–Crippen MR) is 57.1 cm³/mol. The van der Waals surface area contributed by atoms with Crippen molar-refractivity contribution in [1.29, 1.82) is 0 Å². The Kier molecular flexibility index (Phi) is 3.75. The second kappa shape index (κ2) is 4.40. The van der Waals surface area contributed by atoms with Gasteiger partial charge in [0, 0.05) is 8.95 Å². The van der Waals surface area contributed by atoms with Crippen molar-refractivity contribution in [2.75, 3.05) is 0 Å². The van der Waals surface area contributed by atoms with Gasteiger partial charge >= 0.3 is 0 Å². The Morgan fingerprint density at radius 1 is 1.42 bits per heavy atom. The number of hydrogen-bond acceptors (Lipinski definition) is 1. The maximum absolute atomic E-state index is 9.56. The molecule has 0 fully saturated rings. The molecule has 1 aromatic carbocycles. The summed E-state index contributed by atoms with van der Waals surface area (Å²) in [4.78, 5) is 0. The standard InChI is InChI=1S/C9H10Br2O/c1-2-9(12)7-4-3-6(10)5-8(7)11/h3-5,9,12H,2H2,1H3. The first-order chi connectivity index (χ1) is 5.65. The van der Waals surface area contributed by atoms with E-state index in [0.29, 0.717) is 0 Å². The highest BCUT2D eigenvalue weighted by Gasteiger charge is 2.08. The van der Waals surface area contributed by atoms with Crippen molar-refractivity contribution in [3.05, 3.63) is 32.7 Å². The third-order valence-corrected chi connectivity index (χ3v) is 2.89. The molecule has 0 saturated carbocycles. The second-order valence-corrected chi connectivity index (χ2v) is 4.36. The summed E-state index contributed by atoms with van der Waals surface area (Å²) in [5.41, 5.74) is 0.945. The molecule has 0 aromatic heterocycles. The van der Waals surface area contributed by atoms with E-state index in [2.05, 4.69) is 31.9 Å². The lowest BCUT2D eigenvalue weighted by molar-refractivity contribution is 0.173. The first-order valence-electron chi connectivity index (χ1n) is 3.78. The SMILES string of the molecule is CCC(O)c1ccc(Br)cc1Br. The molecule has 1 nitrogen and oxygen atoms in total. The van der Waals surface area contributed by atoms with Crippen molar-refractivity contribution in [1.82, 2.24) is 0 Å². The third kappa shape index (κ3) is 2.31. The molecule has 0 amide bonds. The number of hydrogen-bond donors (Lipinski definition) is 1. The minimum Gasteiger partial charge on any atom is -0.388 e. The van der Waals surface area contributed by atoms with Crippen LogP contribution in [0, 0.1) is 0 Å². The third-order valence-electron chi connectivity index (χ3n) is 1.71. The van der Waals surface area contributed by atoms with Gasteiger partial charge in [-0.15, -0.1) is 0 Å². The lowest BCUT2D eigenvalue weighted by Crippen LogP contribution is -1.95. The number of aliphatic hydroxyl groups is 1. The van der Waals surface area contributed by atoms with Crippen LogP contribution in [0.5, 0.6) is 0 Å². The Hall–Kier alpha value is 0.140. The quantitative estimate of drug-likeness (QED) is 0.882. The highest BCUT2D eigenvalue weighted by molar-refractivity contribution is 9.11. The molecule has 66 valence electrons. The van der Waals surface area contributed by atoms with E-state index >= 15 is 0 Å². The summed E-state index contributed by atoms with van der Waals surface area (Å²) < 4.78 is 1.97. The molecule has 1 N–H and O–H groups in total. The minimum atomic E-state index is -0.368. The molecule has 1 aromatic rings. The highest BCUT2D eigenvalue weighted by Crippen LogP contribution is 2.28. The van der Waals surface area contributed by atoms with E-state index in [1.807, 2.05) is 25.1 Å². The van der Waals surface area contributed by atoms with Crippen LogP contribution in [0.4, 0.5) is 0 Å². The van der Waals surface area contributed by atoms with E-state index in [1.54, 1.807) is 0 Å². The Morgan fingerprint density at radius 3 is 2.58 bits per heavy atom. The van der Waals surface area contributed by atoms with Crippen LogP contribution >= 0.6 is 31.9 Å². The summed E-state index contributed by atoms with van der Waals surface area (Å²) in [6.45, 7) is 1.96. The van der Waals surface area contributed by atoms with E-state index in [0.717, 1.165) is 20.9 Å². The van der Waals surface area contributed by atoms with Crippen LogP contribution in [0.3, 0.4) is 0 Å². The van der Waals surface area contributed by atoms with Gasteiger partial charge in [0.05, 0.1) is 6.10 Å². The molecule has 3 heteroatoms. The molecule has 0 aliphatic heterocycles. The molecular weight excluding hydrogens is 284 g/mol. The Bertz CT molecular complexity index is 273. The molecule has 0 radical (unpaired) electrons. The molecule has 0 heterocycles. The summed E-state index contributed by atoms with van der Waals surface area (Å²) >= 11 is 6.75. The van der Waals surface area contributed by atoms with Crippen molar-refractivity contribution in [3.63, 3.8) is 0 Å². The average molecular weight is 294 g/mol. The largest absolute Gasteiger partial charge is 0.388 e. The summed E-state index contributed by atoms with van der Waals surface area (Å²) in [7, 11) is 0. The number of rotatable bonds is 2. The van der Waals surface area contributed by atoms with E-state index in [4.69, 9.17) is 0 Å². The van der Waals surface area contributed by atoms with Crippen LogP contribution < -0.4 is 0 Å². The normalized spacial score (nSPS) is 13.0. The van der Waals surface area contributed by atoms with Crippen LogP contribution in [0.15, 0.2) is 27.1 Å². The Morgan fingerprint density at radius 2 is 2.08 bits per heavy atom. The fourth-order valence-corrected chi connectivity index (χ4v) is 2.30. The summed E-state index contributed by atoms with van der Waals surface area (Å²) in [5.74, 6) is 0. The number of aliphatic hydroxyl groups excluding tert-OH is 1. The van der Waals surface area contributed by atoms with E-state index in [1.165, 1.54) is 0 Å². The van der Waals surface area contributed by atoms with Gasteiger partial charge in [-0.25, -0.2) is 0 Å². The smallest absolute Gasteiger partial charge is 0.0798 e. The molecule has 1 rings (SSSR count). The molecule has 0 aliphatic carbocycles. The zero-order valence-corrected chi connectivity index (χ0v) is 9.89. The van der Waals surface area contributed by atoms with Gasteiger partial charge in [-0.05, 0) is 24.1 Å². The molecule has 0 saturated heterocycles. The van der Waals surface area contributed by atoms with Gasteiger partial charge in [-0.3, -0.25) is 0 Å². The summed E-state index contributed by atoms with van der Waals surface area (Å²) in [6.07, 6.45) is 0.368. The topological polar surface area (TPSA) is 20.2 Å². The highest BCUT2D eigenvalue weighted by atomic mass is 79.9. The van der Waals surface area contributed by atoms with E-state index < -0.39 is 0 Å². The van der Waals surface area contributed by atoms with Crippen molar-refractivity contribution < 1.29 is 5.11 Å². The van der Waals surface area contributed by atoms with E-state index in [-0.39, 0.29) is 6.10 Å². The molecule has 1 unspecified atom stereocenters. The summed E-state index contributed by atoms with van der Waals surface area (Å²) in [6, 6.07) is 5.79. The van der Waals surface area contributed by atoms with Crippen LogP contribution in [-0.2, 0) is 0 Å². The fourth-order valence-electron chi connectivity index (χ4n) is 0.992. The van der Waals surface area contributed by atoms with Crippen molar-refractivity contribution in [3.8, 4) is 0 Å². The van der Waals surface area contributed by atoms with Crippen molar-refractivity contribution in [2.24, 2.45) is 0 Å². The van der Waals surface area contributed by atoms with Gasteiger partial charge in [-0.2, -0.15) is 0 Å². The van der Waals surface area contributed by atoms with Crippen LogP contribution in [0.25, 0.3) is 0 Å². The average Bonchev–Trinajstić information content (AvgIpc) is 2.03. The van der Waals surface area contributed by atoms with Crippen LogP contribution in [0.1, 0.15) is 25.0 Å². The molecule has 12 heavy (non-hydrogen) atoms. The van der Waals surface area contributed by atoms with Gasteiger partial charge < -0.3 is 5.11 Å². The predicted octanol–water partition coefficient (Wildman–Crippen LogP) is 3.66. The lowest BCUT2D eigenvalue weighted by Gasteiger charge is -2.10. The monoisotopic (exact) mass is 292 g/mol. The van der Waals surface area contributed by atoms with Gasteiger partial charge in [0.1, 0.15) is 0 Å². The minimum absolute atomic E-state index is 0.368. The maximum atomic E-state index is 9.56. The zero-order valence-electron chi connectivity index (χ0n) is 6.72. The van der Waals surface area contributed by atoms with Crippen LogP contribution in [0.2, 0.25) is 0 Å². The molecule has 0 spiro atoms. The lowest BCUT2D eigenvalue weighted by atomic mass is 10.1. The maximum Gasteiger partial charge on any atom is 0.0798 e. The molecule has 0 bridgehead atoms. The molecule has 0 aliphatic rings. The van der Waals surface area contributed by atoms with Gasteiger partial charge in [0.2, 0.25) is 0 Å². The first kappa shape index (κ1) is 10.2. The fraction of sp³-hybridized carbons (Fsp3) is 0.333. The van der Waals surface area contributed by atoms with Crippen molar-refractivity contribution in [2.45, 2.75) is 19.4 Å². The van der Waals surface area contributed by atoms with Crippen LogP contribution in [-0.4, -0.2) is 5.11 Å². The molecule has 1 atom stereocenters. The summed E-state index contributed by atoms with van der Waals surface area (Å²) in [5, 5.41) is 9.56. The van der Waals surface area contributed by atoms with Crippen molar-refractivity contribution >= 4 is 31.9 Å². The Balaban J connectivity index is 3.01. The van der Waals surface area contributed by atoms with Gasteiger partial charge in [-0.1, -0.05) is 44.8 Å². The number of benzene rings is 1. The zero-order chi connectivity index (χ0) is 9.14. The first-order valence-corrected chi connectivity index (χ1v) is 5.36.